The Balaban J connectivity index is 2.18. The number of nitrogens with one attached hydrogen (secondary N) is 1. The highest BCUT2D eigenvalue weighted by Gasteiger charge is 2.23. The van der Waals surface area contributed by atoms with E-state index in [1.165, 1.54) is 25.7 Å². The van der Waals surface area contributed by atoms with E-state index in [1.807, 2.05) is 11.9 Å². The van der Waals surface area contributed by atoms with E-state index in [0.29, 0.717) is 18.5 Å². The highest BCUT2D eigenvalue weighted by Crippen LogP contribution is 2.11. The Morgan fingerprint density at radius 2 is 2.25 bits per heavy atom. The van der Waals surface area contributed by atoms with E-state index >= 15 is 0 Å². The van der Waals surface area contributed by atoms with E-state index in [0.717, 1.165) is 13.0 Å². The van der Waals surface area contributed by atoms with Crippen molar-refractivity contribution >= 4 is 5.91 Å². The third-order valence-electron chi connectivity index (χ3n) is 3.39. The van der Waals surface area contributed by atoms with Gasteiger partial charge in [-0.3, -0.25) is 4.79 Å². The Labute approximate surface area is 99.6 Å². The monoisotopic (exact) mass is 226 g/mol. The zero-order valence-corrected chi connectivity index (χ0v) is 11.0. The van der Waals surface area contributed by atoms with Crippen LogP contribution in [0.4, 0.5) is 0 Å². The van der Waals surface area contributed by atoms with Crippen molar-refractivity contribution in [3.05, 3.63) is 0 Å². The summed E-state index contributed by atoms with van der Waals surface area (Å²) in [6, 6.07) is 1.08. The summed E-state index contributed by atoms with van der Waals surface area (Å²) in [5.41, 5.74) is 0. The van der Waals surface area contributed by atoms with Gasteiger partial charge in [-0.1, -0.05) is 26.2 Å². The van der Waals surface area contributed by atoms with Crippen LogP contribution in [-0.2, 0) is 4.79 Å². The maximum atomic E-state index is 11.3. The van der Waals surface area contributed by atoms with Gasteiger partial charge in [-0.15, -0.1) is 0 Å². The van der Waals surface area contributed by atoms with Gasteiger partial charge in [0.05, 0.1) is 0 Å². The summed E-state index contributed by atoms with van der Waals surface area (Å²) < 4.78 is 0. The molecule has 0 saturated carbocycles. The van der Waals surface area contributed by atoms with Gasteiger partial charge in [0, 0.05) is 32.1 Å². The van der Waals surface area contributed by atoms with Gasteiger partial charge in [0.15, 0.2) is 0 Å². The molecule has 1 saturated heterocycles. The molecule has 94 valence electrons. The zero-order valence-electron chi connectivity index (χ0n) is 11.0. The number of unbranched alkanes of at least 4 members (excludes halogenated alkanes) is 2. The van der Waals surface area contributed by atoms with Crippen molar-refractivity contribution in [1.82, 2.24) is 10.2 Å². The van der Waals surface area contributed by atoms with E-state index in [1.54, 1.807) is 0 Å². The van der Waals surface area contributed by atoms with Gasteiger partial charge in [0.1, 0.15) is 0 Å². The highest BCUT2D eigenvalue weighted by molar-refractivity contribution is 5.76. The van der Waals surface area contributed by atoms with E-state index in [4.69, 9.17) is 0 Å². The average Bonchev–Trinajstić information content (AvgIpc) is 2.24. The molecule has 16 heavy (non-hydrogen) atoms. The Morgan fingerprint density at radius 3 is 2.88 bits per heavy atom. The molecule has 0 aliphatic carbocycles. The standard InChI is InChI=1S/C13H26N2O/c1-4-5-6-7-11(2)14-12-8-9-13(16)15(3)10-12/h11-12,14H,4-10H2,1-3H3. The van der Waals surface area contributed by atoms with Crippen LogP contribution in [0, 0.1) is 0 Å². The van der Waals surface area contributed by atoms with Crippen LogP contribution in [0.15, 0.2) is 0 Å². The first-order chi connectivity index (χ1) is 7.63. The quantitative estimate of drug-likeness (QED) is 0.704. The van der Waals surface area contributed by atoms with Gasteiger partial charge in [-0.25, -0.2) is 0 Å². The first-order valence-electron chi connectivity index (χ1n) is 6.63. The van der Waals surface area contributed by atoms with Gasteiger partial charge >= 0.3 is 0 Å². The first-order valence-corrected chi connectivity index (χ1v) is 6.63. The average molecular weight is 226 g/mol. The summed E-state index contributed by atoms with van der Waals surface area (Å²) in [6.07, 6.45) is 6.88. The van der Waals surface area contributed by atoms with Crippen molar-refractivity contribution in [1.29, 1.82) is 0 Å². The lowest BCUT2D eigenvalue weighted by molar-refractivity contribution is -0.132. The minimum atomic E-state index is 0.289. The van der Waals surface area contributed by atoms with Gasteiger partial charge in [0.2, 0.25) is 5.91 Å². The summed E-state index contributed by atoms with van der Waals surface area (Å²) in [5, 5.41) is 3.63. The summed E-state index contributed by atoms with van der Waals surface area (Å²) in [6.45, 7) is 5.36. The fourth-order valence-corrected chi connectivity index (χ4v) is 2.33. The zero-order chi connectivity index (χ0) is 12.0. The fourth-order valence-electron chi connectivity index (χ4n) is 2.33. The molecular formula is C13H26N2O. The van der Waals surface area contributed by atoms with Gasteiger partial charge in [-0.05, 0) is 19.8 Å². The second-order valence-corrected chi connectivity index (χ2v) is 5.07. The number of likely N-dealkylation sites (tertiary alicyclic amines) is 1. The Hall–Kier alpha value is -0.570. The first kappa shape index (κ1) is 13.5. The second-order valence-electron chi connectivity index (χ2n) is 5.07. The summed E-state index contributed by atoms with van der Waals surface area (Å²) in [7, 11) is 1.90. The second kappa shape index (κ2) is 6.89. The summed E-state index contributed by atoms with van der Waals surface area (Å²) in [5.74, 6) is 0.289. The molecule has 1 aliphatic rings. The summed E-state index contributed by atoms with van der Waals surface area (Å²) >= 11 is 0. The SMILES string of the molecule is CCCCCC(C)NC1CCC(=O)N(C)C1. The minimum absolute atomic E-state index is 0.289. The Kier molecular flexibility index (Phi) is 5.81. The van der Waals surface area contributed by atoms with Gasteiger partial charge in [-0.2, -0.15) is 0 Å². The Bertz CT molecular complexity index is 218. The normalized spacial score (nSPS) is 23.6. The number of piperidine rings is 1. The minimum Gasteiger partial charge on any atom is -0.344 e. The van der Waals surface area contributed by atoms with Crippen molar-refractivity contribution in [2.45, 2.75) is 64.5 Å². The lowest BCUT2D eigenvalue weighted by atomic mass is 10.0. The molecule has 1 amide bonds. The van der Waals surface area contributed by atoms with E-state index in [-0.39, 0.29) is 5.91 Å². The third-order valence-corrected chi connectivity index (χ3v) is 3.39. The molecular weight excluding hydrogens is 200 g/mol. The number of rotatable bonds is 6. The third kappa shape index (κ3) is 4.52. The lowest BCUT2D eigenvalue weighted by Crippen LogP contribution is -2.49. The molecule has 0 aromatic heterocycles. The molecule has 1 rings (SSSR count). The predicted molar refractivity (Wildman–Crippen MR) is 67.4 cm³/mol. The smallest absolute Gasteiger partial charge is 0.222 e. The molecule has 0 spiro atoms. The molecule has 3 heteroatoms. The number of nitrogens with zero attached hydrogens (tertiary/aromatic N) is 1. The molecule has 2 atom stereocenters. The number of likely N-dealkylation sites (N-methyl/N-ethyl adjacent to an activating group) is 1. The van der Waals surface area contributed by atoms with Crippen molar-refractivity contribution in [3.8, 4) is 0 Å². The van der Waals surface area contributed by atoms with Crippen LogP contribution in [0.25, 0.3) is 0 Å². The fraction of sp³-hybridized carbons (Fsp3) is 0.923. The van der Waals surface area contributed by atoms with Gasteiger partial charge < -0.3 is 10.2 Å². The van der Waals surface area contributed by atoms with Crippen LogP contribution < -0.4 is 5.32 Å². The molecule has 1 fully saturated rings. The molecule has 1 aliphatic heterocycles. The molecule has 2 unspecified atom stereocenters. The maximum Gasteiger partial charge on any atom is 0.222 e. The molecule has 1 heterocycles. The van der Waals surface area contributed by atoms with Crippen molar-refractivity contribution < 1.29 is 4.79 Å². The van der Waals surface area contributed by atoms with Crippen LogP contribution in [-0.4, -0.2) is 36.5 Å². The number of hydrogen-bond donors (Lipinski definition) is 1. The van der Waals surface area contributed by atoms with Gasteiger partial charge in [0.25, 0.3) is 0 Å². The van der Waals surface area contributed by atoms with E-state index in [2.05, 4.69) is 19.2 Å². The predicted octanol–water partition coefficient (Wildman–Crippen LogP) is 2.17. The molecule has 0 aromatic rings. The number of amides is 1. The van der Waals surface area contributed by atoms with E-state index in [9.17, 15) is 4.79 Å². The number of hydrogen-bond acceptors (Lipinski definition) is 2. The topological polar surface area (TPSA) is 32.3 Å². The van der Waals surface area contributed by atoms with Crippen LogP contribution >= 0.6 is 0 Å². The van der Waals surface area contributed by atoms with Crippen LogP contribution in [0.3, 0.4) is 0 Å². The largest absolute Gasteiger partial charge is 0.344 e. The van der Waals surface area contributed by atoms with E-state index < -0.39 is 0 Å². The maximum absolute atomic E-state index is 11.3. The van der Waals surface area contributed by atoms with Crippen LogP contribution in [0.5, 0.6) is 0 Å². The molecule has 0 aromatic carbocycles. The number of carbonyl (C=O) groups is 1. The highest BCUT2D eigenvalue weighted by atomic mass is 16.2. The summed E-state index contributed by atoms with van der Waals surface area (Å²) in [4.78, 5) is 13.2. The molecule has 0 bridgehead atoms. The molecule has 3 nitrogen and oxygen atoms in total. The van der Waals surface area contributed by atoms with Crippen LogP contribution in [0.1, 0.15) is 52.4 Å². The molecule has 1 N–H and O–H groups in total. The lowest BCUT2D eigenvalue weighted by Gasteiger charge is -2.32. The Morgan fingerprint density at radius 1 is 1.50 bits per heavy atom. The van der Waals surface area contributed by atoms with Crippen molar-refractivity contribution in [3.63, 3.8) is 0 Å². The molecule has 0 radical (unpaired) electrons. The van der Waals surface area contributed by atoms with Crippen molar-refractivity contribution in [2.24, 2.45) is 0 Å². The van der Waals surface area contributed by atoms with Crippen LogP contribution in [0.2, 0.25) is 0 Å². The van der Waals surface area contributed by atoms with Crippen molar-refractivity contribution in [2.75, 3.05) is 13.6 Å². The number of carbonyl (C=O) groups excluding carboxylic acids is 1.